The van der Waals surface area contributed by atoms with Crippen molar-refractivity contribution in [1.29, 1.82) is 0 Å². The molecule has 3 atom stereocenters. The van der Waals surface area contributed by atoms with E-state index in [4.69, 9.17) is 4.74 Å². The number of hydrogen-bond donors (Lipinski definition) is 2. The highest BCUT2D eigenvalue weighted by Crippen LogP contribution is 2.21. The number of rotatable bonds is 10. The second kappa shape index (κ2) is 12.6. The molecule has 186 valence electrons. The molecule has 2 aromatic carbocycles. The van der Waals surface area contributed by atoms with Gasteiger partial charge in [0.25, 0.3) is 0 Å². The maximum atomic E-state index is 13.6. The van der Waals surface area contributed by atoms with E-state index in [0.29, 0.717) is 25.6 Å². The predicted molar refractivity (Wildman–Crippen MR) is 127 cm³/mol. The van der Waals surface area contributed by atoms with Gasteiger partial charge in [0.2, 0.25) is 0 Å². The van der Waals surface area contributed by atoms with Crippen LogP contribution in [0.2, 0.25) is 0 Å². The van der Waals surface area contributed by atoms with Gasteiger partial charge in [-0.2, -0.15) is 0 Å². The lowest BCUT2D eigenvalue weighted by molar-refractivity contribution is 0.133. The number of amides is 2. The predicted octanol–water partition coefficient (Wildman–Crippen LogP) is 4.72. The quantitative estimate of drug-likeness (QED) is 0.521. The Labute approximate surface area is 199 Å². The fourth-order valence-electron chi connectivity index (χ4n) is 4.05. The number of nitrogens with zero attached hydrogens (tertiary/aromatic N) is 1. The summed E-state index contributed by atoms with van der Waals surface area (Å²) in [5.41, 5.74) is 1.63. The van der Waals surface area contributed by atoms with Crippen LogP contribution < -0.4 is 15.4 Å². The minimum atomic E-state index is -0.649. The smallest absolute Gasteiger partial charge is 0.318 e. The first-order chi connectivity index (χ1) is 16.4. The minimum Gasteiger partial charge on any atom is -0.493 e. The summed E-state index contributed by atoms with van der Waals surface area (Å²) >= 11 is 0. The van der Waals surface area contributed by atoms with E-state index in [9.17, 15) is 18.0 Å². The van der Waals surface area contributed by atoms with Crippen LogP contribution in [0, 0.1) is 23.6 Å². The molecule has 0 aliphatic carbocycles. The maximum Gasteiger partial charge on any atom is 0.318 e. The van der Waals surface area contributed by atoms with E-state index < -0.39 is 37.3 Å². The van der Waals surface area contributed by atoms with Crippen LogP contribution in [0.5, 0.6) is 5.75 Å². The van der Waals surface area contributed by atoms with Crippen LogP contribution in [0.1, 0.15) is 25.0 Å². The van der Waals surface area contributed by atoms with Gasteiger partial charge < -0.3 is 20.3 Å². The Morgan fingerprint density at radius 2 is 1.53 bits per heavy atom. The Balaban J connectivity index is 1.75. The molecule has 34 heavy (non-hydrogen) atoms. The molecule has 0 spiro atoms. The lowest BCUT2D eigenvalue weighted by Crippen LogP contribution is -2.58. The number of urea groups is 1. The zero-order valence-corrected chi connectivity index (χ0v) is 19.8. The molecule has 0 saturated carbocycles. The molecule has 1 fully saturated rings. The fraction of sp³-hybridized carbons (Fsp3) is 0.500. The third-order valence-corrected chi connectivity index (χ3v) is 5.97. The average Bonchev–Trinajstić information content (AvgIpc) is 2.84. The third-order valence-electron chi connectivity index (χ3n) is 5.97. The molecule has 2 N–H and O–H groups in total. The summed E-state index contributed by atoms with van der Waals surface area (Å²) in [5.74, 6) is -0.195. The molecule has 1 aliphatic heterocycles. The van der Waals surface area contributed by atoms with E-state index in [0.717, 1.165) is 16.9 Å². The van der Waals surface area contributed by atoms with E-state index in [1.807, 2.05) is 24.3 Å². The van der Waals surface area contributed by atoms with Gasteiger partial charge in [-0.15, -0.1) is 0 Å². The summed E-state index contributed by atoms with van der Waals surface area (Å²) in [6, 6.07) is 12.4. The fourth-order valence-corrected chi connectivity index (χ4v) is 4.05. The first-order valence-electron chi connectivity index (χ1n) is 11.7. The van der Waals surface area contributed by atoms with Crippen LogP contribution in [0.25, 0.3) is 0 Å². The van der Waals surface area contributed by atoms with E-state index in [2.05, 4.69) is 24.5 Å². The highest BCUT2D eigenvalue weighted by Gasteiger charge is 2.35. The number of carbonyl (C=O) groups is 1. The van der Waals surface area contributed by atoms with Gasteiger partial charge in [-0.3, -0.25) is 8.78 Å². The topological polar surface area (TPSA) is 53.6 Å². The molecular weight excluding hydrogens is 443 g/mol. The molecule has 0 unspecified atom stereocenters. The molecule has 1 saturated heterocycles. The number of hydrogen-bond acceptors (Lipinski definition) is 3. The van der Waals surface area contributed by atoms with Crippen molar-refractivity contribution in [2.24, 2.45) is 17.8 Å². The second-order valence-electron chi connectivity index (χ2n) is 9.29. The van der Waals surface area contributed by atoms with Crippen molar-refractivity contribution >= 4 is 6.03 Å². The Morgan fingerprint density at radius 3 is 2.03 bits per heavy atom. The standard InChI is InChI=1S/C26H34F3N3O2/c1-18(2)17-34-24-9-5-20(6-10-24)16-32(15-19-3-7-23(29)8-4-19)26(33)31-25-21(11-27)13-30-14-22(25)12-28/h3-10,18,21-22,25,30H,11-17H2,1-2H3,(H,31,33)/t21-,22+,25-. The van der Waals surface area contributed by atoms with Gasteiger partial charge >= 0.3 is 6.03 Å². The lowest BCUT2D eigenvalue weighted by atomic mass is 9.86. The van der Waals surface area contributed by atoms with Gasteiger partial charge in [-0.1, -0.05) is 38.1 Å². The second-order valence-corrected chi connectivity index (χ2v) is 9.29. The molecule has 1 aliphatic rings. The Kier molecular flexibility index (Phi) is 9.62. The van der Waals surface area contributed by atoms with E-state index in [1.165, 1.54) is 12.1 Å². The SMILES string of the molecule is CC(C)COc1ccc(CN(Cc2ccc(F)cc2)C(=O)N[C@@H]2[C@H](CF)CNC[C@@H]2CF)cc1. The van der Waals surface area contributed by atoms with Crippen molar-refractivity contribution in [3.05, 3.63) is 65.5 Å². The number of alkyl halides is 2. The number of ether oxygens (including phenoxy) is 1. The first-order valence-corrected chi connectivity index (χ1v) is 11.7. The molecule has 0 aromatic heterocycles. The van der Waals surface area contributed by atoms with Gasteiger partial charge in [0.1, 0.15) is 11.6 Å². The number of nitrogens with one attached hydrogen (secondary N) is 2. The molecule has 3 rings (SSSR count). The van der Waals surface area contributed by atoms with Crippen molar-refractivity contribution in [2.75, 3.05) is 33.0 Å². The van der Waals surface area contributed by atoms with Crippen LogP contribution in [-0.4, -0.2) is 50.0 Å². The summed E-state index contributed by atoms with van der Waals surface area (Å²) in [5, 5.41) is 5.92. The molecule has 2 amide bonds. The average molecular weight is 478 g/mol. The maximum absolute atomic E-state index is 13.6. The molecule has 0 radical (unpaired) electrons. The van der Waals surface area contributed by atoms with Crippen molar-refractivity contribution < 1.29 is 22.7 Å². The van der Waals surface area contributed by atoms with Gasteiger partial charge in [-0.25, -0.2) is 9.18 Å². The number of carbonyl (C=O) groups excluding carboxylic acids is 1. The Hall–Kier alpha value is -2.74. The van der Waals surface area contributed by atoms with Crippen molar-refractivity contribution in [2.45, 2.75) is 33.0 Å². The summed E-state index contributed by atoms with van der Waals surface area (Å²) in [6.45, 7) is 4.73. The van der Waals surface area contributed by atoms with E-state index in [1.54, 1.807) is 17.0 Å². The molecule has 5 nitrogen and oxygen atoms in total. The van der Waals surface area contributed by atoms with Crippen molar-refractivity contribution in [3.63, 3.8) is 0 Å². The lowest BCUT2D eigenvalue weighted by Gasteiger charge is -2.38. The monoisotopic (exact) mass is 477 g/mol. The van der Waals surface area contributed by atoms with E-state index in [-0.39, 0.29) is 18.9 Å². The van der Waals surface area contributed by atoms with Crippen LogP contribution in [0.4, 0.5) is 18.0 Å². The van der Waals surface area contributed by atoms with Gasteiger partial charge in [0.05, 0.1) is 20.0 Å². The molecule has 8 heteroatoms. The third kappa shape index (κ3) is 7.38. The largest absolute Gasteiger partial charge is 0.493 e. The Bertz CT molecular complexity index is 881. The molecule has 2 aromatic rings. The van der Waals surface area contributed by atoms with Crippen LogP contribution in [-0.2, 0) is 13.1 Å². The number of halogens is 3. The first kappa shape index (κ1) is 25.9. The van der Waals surface area contributed by atoms with Crippen molar-refractivity contribution in [3.8, 4) is 5.75 Å². The minimum absolute atomic E-state index is 0.225. The van der Waals surface area contributed by atoms with Gasteiger partial charge in [0, 0.05) is 44.1 Å². The van der Waals surface area contributed by atoms with Crippen molar-refractivity contribution in [1.82, 2.24) is 15.5 Å². The summed E-state index contributed by atoms with van der Waals surface area (Å²) in [6.07, 6.45) is 0. The normalized spacial score (nSPS) is 20.2. The zero-order valence-electron chi connectivity index (χ0n) is 19.8. The zero-order chi connectivity index (χ0) is 24.5. The summed E-state index contributed by atoms with van der Waals surface area (Å²) < 4.78 is 46.3. The highest BCUT2D eigenvalue weighted by atomic mass is 19.1. The Morgan fingerprint density at radius 1 is 1.00 bits per heavy atom. The molecule has 1 heterocycles. The highest BCUT2D eigenvalue weighted by molar-refractivity contribution is 5.74. The summed E-state index contributed by atoms with van der Waals surface area (Å²) in [4.78, 5) is 14.9. The van der Waals surface area contributed by atoms with Gasteiger partial charge in [-0.05, 0) is 41.3 Å². The summed E-state index contributed by atoms with van der Waals surface area (Å²) in [7, 11) is 0. The number of benzene rings is 2. The van der Waals surface area contributed by atoms with Gasteiger partial charge in [0.15, 0.2) is 0 Å². The number of piperidine rings is 1. The van der Waals surface area contributed by atoms with E-state index >= 15 is 0 Å². The van der Waals surface area contributed by atoms with Crippen LogP contribution in [0.15, 0.2) is 48.5 Å². The van der Waals surface area contributed by atoms with Crippen LogP contribution >= 0.6 is 0 Å². The van der Waals surface area contributed by atoms with Crippen LogP contribution in [0.3, 0.4) is 0 Å². The molecule has 0 bridgehead atoms. The molecular formula is C26H34F3N3O2.